The average Bonchev–Trinajstić information content (AvgIpc) is 2.67. The van der Waals surface area contributed by atoms with Crippen molar-refractivity contribution >= 4 is 11.8 Å². The Hall–Kier alpha value is -0.460. The first kappa shape index (κ1) is 9.11. The largest absolute Gasteiger partial charge is 0.286 e. The molecule has 70 valence electrons. The van der Waals surface area contributed by atoms with Gasteiger partial charge in [-0.05, 0) is 31.3 Å². The van der Waals surface area contributed by atoms with Gasteiger partial charge in [0.15, 0.2) is 0 Å². The van der Waals surface area contributed by atoms with E-state index in [2.05, 4.69) is 17.5 Å². The third kappa shape index (κ3) is 2.07. The molecule has 2 aliphatic rings. The minimum absolute atomic E-state index is 0.0674. The summed E-state index contributed by atoms with van der Waals surface area (Å²) in [6.07, 6.45) is 7.46. The lowest BCUT2D eigenvalue weighted by Crippen LogP contribution is -2.30. The quantitative estimate of drug-likeness (QED) is 0.649. The maximum atomic E-state index is 8.74. The minimum atomic E-state index is 0.0674. The summed E-state index contributed by atoms with van der Waals surface area (Å²) in [7, 11) is 0. The Kier molecular flexibility index (Phi) is 2.92. The summed E-state index contributed by atoms with van der Waals surface area (Å²) >= 11 is 1.88. The molecule has 2 nitrogen and oxygen atoms in total. The van der Waals surface area contributed by atoms with Gasteiger partial charge in [0.2, 0.25) is 0 Å². The third-order valence-electron chi connectivity index (χ3n) is 2.60. The van der Waals surface area contributed by atoms with Gasteiger partial charge < -0.3 is 0 Å². The molecule has 13 heavy (non-hydrogen) atoms. The van der Waals surface area contributed by atoms with Crippen LogP contribution in [-0.4, -0.2) is 17.2 Å². The molecule has 1 aliphatic carbocycles. The van der Waals surface area contributed by atoms with E-state index >= 15 is 0 Å². The predicted molar refractivity (Wildman–Crippen MR) is 55.3 cm³/mol. The van der Waals surface area contributed by atoms with Crippen molar-refractivity contribution in [3.8, 4) is 6.07 Å². The molecule has 0 aromatic heterocycles. The highest BCUT2D eigenvalue weighted by Gasteiger charge is 2.26. The summed E-state index contributed by atoms with van der Waals surface area (Å²) in [4.78, 5) is 0. The van der Waals surface area contributed by atoms with E-state index in [1.165, 1.54) is 31.3 Å². The molecule has 2 rings (SSSR count). The van der Waals surface area contributed by atoms with Gasteiger partial charge in [0.05, 0.1) is 11.4 Å². The zero-order chi connectivity index (χ0) is 9.10. The number of hydrogen-bond acceptors (Lipinski definition) is 3. The number of nitriles is 1. The molecule has 0 aromatic carbocycles. The summed E-state index contributed by atoms with van der Waals surface area (Å²) in [5, 5.41) is 12.5. The van der Waals surface area contributed by atoms with Crippen molar-refractivity contribution in [2.45, 2.75) is 37.1 Å². The van der Waals surface area contributed by atoms with Crippen LogP contribution >= 0.6 is 11.8 Å². The van der Waals surface area contributed by atoms with E-state index in [0.29, 0.717) is 5.37 Å². The predicted octanol–water partition coefficient (Wildman–Crippen LogP) is 2.04. The molecular weight excluding hydrogens is 180 g/mol. The van der Waals surface area contributed by atoms with E-state index in [0.717, 1.165) is 5.75 Å². The van der Waals surface area contributed by atoms with Gasteiger partial charge in [-0.1, -0.05) is 6.08 Å². The van der Waals surface area contributed by atoms with Gasteiger partial charge in [0, 0.05) is 5.75 Å². The van der Waals surface area contributed by atoms with Gasteiger partial charge in [-0.25, -0.2) is 0 Å². The first-order valence-electron chi connectivity index (χ1n) is 4.86. The number of hydrogen-bond donors (Lipinski definition) is 1. The first-order valence-corrected chi connectivity index (χ1v) is 5.91. The Labute approximate surface area is 83.4 Å². The van der Waals surface area contributed by atoms with Crippen molar-refractivity contribution in [2.24, 2.45) is 0 Å². The first-order chi connectivity index (χ1) is 6.40. The number of nitrogens with one attached hydrogen (secondary N) is 1. The van der Waals surface area contributed by atoms with Gasteiger partial charge in [-0.3, -0.25) is 5.32 Å². The third-order valence-corrected chi connectivity index (χ3v) is 3.90. The molecule has 1 heterocycles. The molecule has 1 N–H and O–H groups in total. The lowest BCUT2D eigenvalue weighted by molar-refractivity contribution is 0.626. The molecule has 2 atom stereocenters. The Balaban J connectivity index is 1.95. The smallest absolute Gasteiger partial charge is 0.106 e. The second kappa shape index (κ2) is 4.17. The fourth-order valence-corrected chi connectivity index (χ4v) is 3.11. The molecule has 2 unspecified atom stereocenters. The molecular formula is C10H14N2S. The maximum absolute atomic E-state index is 8.74. The zero-order valence-electron chi connectivity index (χ0n) is 7.62. The monoisotopic (exact) mass is 194 g/mol. The van der Waals surface area contributed by atoms with Crippen LogP contribution in [0.15, 0.2) is 11.6 Å². The van der Waals surface area contributed by atoms with E-state index in [4.69, 9.17) is 5.26 Å². The number of rotatable bonds is 1. The van der Waals surface area contributed by atoms with Gasteiger partial charge >= 0.3 is 0 Å². The average molecular weight is 194 g/mol. The summed E-state index contributed by atoms with van der Waals surface area (Å²) in [6, 6.07) is 2.34. The van der Waals surface area contributed by atoms with Crippen LogP contribution in [0.25, 0.3) is 0 Å². The molecule has 1 fully saturated rings. The van der Waals surface area contributed by atoms with E-state index in [9.17, 15) is 0 Å². The van der Waals surface area contributed by atoms with Gasteiger partial charge in [-0.15, -0.1) is 11.8 Å². The number of thioether (sulfide) groups is 1. The van der Waals surface area contributed by atoms with Crippen LogP contribution in [0.4, 0.5) is 0 Å². The maximum Gasteiger partial charge on any atom is 0.106 e. The van der Waals surface area contributed by atoms with Crippen LogP contribution in [0.3, 0.4) is 0 Å². The Morgan fingerprint density at radius 2 is 2.46 bits per heavy atom. The van der Waals surface area contributed by atoms with Gasteiger partial charge in [0.1, 0.15) is 6.04 Å². The molecule has 0 radical (unpaired) electrons. The second-order valence-corrected chi connectivity index (χ2v) is 4.72. The van der Waals surface area contributed by atoms with E-state index in [-0.39, 0.29) is 6.04 Å². The minimum Gasteiger partial charge on any atom is -0.286 e. The fraction of sp³-hybridized carbons (Fsp3) is 0.700. The summed E-state index contributed by atoms with van der Waals surface area (Å²) in [6.45, 7) is 0. The molecule has 0 spiro atoms. The van der Waals surface area contributed by atoms with E-state index < -0.39 is 0 Å². The van der Waals surface area contributed by atoms with Crippen molar-refractivity contribution in [3.05, 3.63) is 11.6 Å². The summed E-state index contributed by atoms with van der Waals surface area (Å²) in [5.41, 5.74) is 1.52. The standard InChI is InChI=1S/C10H14N2S/c11-6-9-7-13-10(12-9)8-4-2-1-3-5-8/h4,9-10,12H,1-3,5,7H2. The number of allylic oxidation sites excluding steroid dienone is 1. The van der Waals surface area contributed by atoms with Crippen molar-refractivity contribution in [2.75, 3.05) is 5.75 Å². The molecule has 1 saturated heterocycles. The highest BCUT2D eigenvalue weighted by Crippen LogP contribution is 2.30. The fourth-order valence-electron chi connectivity index (χ4n) is 1.86. The molecule has 0 amide bonds. The highest BCUT2D eigenvalue weighted by molar-refractivity contribution is 8.00. The number of nitrogens with zero attached hydrogens (tertiary/aromatic N) is 1. The summed E-state index contributed by atoms with van der Waals surface area (Å²) in [5.74, 6) is 0.943. The van der Waals surface area contributed by atoms with Crippen LogP contribution in [0.5, 0.6) is 0 Å². The summed E-state index contributed by atoms with van der Waals surface area (Å²) < 4.78 is 0. The van der Waals surface area contributed by atoms with Crippen molar-refractivity contribution in [3.63, 3.8) is 0 Å². The Bertz CT molecular complexity index is 254. The van der Waals surface area contributed by atoms with E-state index in [1.54, 1.807) is 0 Å². The molecule has 1 aliphatic heterocycles. The van der Waals surface area contributed by atoms with Gasteiger partial charge in [0.25, 0.3) is 0 Å². The van der Waals surface area contributed by atoms with Crippen LogP contribution in [-0.2, 0) is 0 Å². The molecule has 0 bridgehead atoms. The van der Waals surface area contributed by atoms with Crippen LogP contribution in [0, 0.1) is 11.3 Å². The van der Waals surface area contributed by atoms with Crippen LogP contribution < -0.4 is 5.32 Å². The van der Waals surface area contributed by atoms with Crippen LogP contribution in [0.2, 0.25) is 0 Å². The van der Waals surface area contributed by atoms with E-state index in [1.807, 2.05) is 11.8 Å². The zero-order valence-corrected chi connectivity index (χ0v) is 8.44. The Morgan fingerprint density at radius 3 is 3.08 bits per heavy atom. The lowest BCUT2D eigenvalue weighted by atomic mass is 9.99. The van der Waals surface area contributed by atoms with Crippen LogP contribution in [0.1, 0.15) is 25.7 Å². The second-order valence-electron chi connectivity index (χ2n) is 3.59. The molecule has 3 heteroatoms. The molecule has 0 saturated carbocycles. The normalized spacial score (nSPS) is 33.9. The Morgan fingerprint density at radius 1 is 1.54 bits per heavy atom. The van der Waals surface area contributed by atoms with Crippen molar-refractivity contribution in [1.29, 1.82) is 5.26 Å². The SMILES string of the molecule is N#CC1CSC(C2=CCCCC2)N1. The lowest BCUT2D eigenvalue weighted by Gasteiger charge is -2.18. The van der Waals surface area contributed by atoms with Crippen molar-refractivity contribution in [1.82, 2.24) is 5.32 Å². The topological polar surface area (TPSA) is 35.8 Å². The highest BCUT2D eigenvalue weighted by atomic mass is 32.2. The molecule has 0 aromatic rings. The van der Waals surface area contributed by atoms with Gasteiger partial charge in [-0.2, -0.15) is 5.26 Å². The van der Waals surface area contributed by atoms with Crippen molar-refractivity contribution < 1.29 is 0 Å².